The molecular formula is C11H17NO2S. The summed E-state index contributed by atoms with van der Waals surface area (Å²) in [5.74, 6) is 0.125. The highest BCUT2D eigenvalue weighted by Gasteiger charge is 2.10. The number of aliphatic hydroxyl groups is 1. The van der Waals surface area contributed by atoms with Crippen LogP contribution < -0.4 is 0 Å². The second-order valence-electron chi connectivity index (χ2n) is 3.28. The summed E-state index contributed by atoms with van der Waals surface area (Å²) in [5, 5.41) is 10.8. The SMILES string of the molecule is CCN(CCO)C(=O)CCc1cccs1. The van der Waals surface area contributed by atoms with Gasteiger partial charge in [-0.25, -0.2) is 0 Å². The molecule has 3 nitrogen and oxygen atoms in total. The van der Waals surface area contributed by atoms with E-state index in [-0.39, 0.29) is 12.5 Å². The normalized spacial score (nSPS) is 10.3. The highest BCUT2D eigenvalue weighted by Crippen LogP contribution is 2.11. The molecule has 1 rings (SSSR count). The summed E-state index contributed by atoms with van der Waals surface area (Å²) < 4.78 is 0. The number of amides is 1. The van der Waals surface area contributed by atoms with Gasteiger partial charge in [-0.1, -0.05) is 6.07 Å². The molecule has 0 aliphatic carbocycles. The lowest BCUT2D eigenvalue weighted by Crippen LogP contribution is -2.33. The maximum Gasteiger partial charge on any atom is 0.222 e. The Morgan fingerprint density at radius 2 is 2.40 bits per heavy atom. The van der Waals surface area contributed by atoms with E-state index < -0.39 is 0 Å². The van der Waals surface area contributed by atoms with Gasteiger partial charge in [0.25, 0.3) is 0 Å². The maximum atomic E-state index is 11.7. The van der Waals surface area contributed by atoms with Gasteiger partial charge in [-0.3, -0.25) is 4.79 Å². The van der Waals surface area contributed by atoms with Gasteiger partial charge >= 0.3 is 0 Å². The third-order valence-corrected chi connectivity index (χ3v) is 3.21. The number of thiophene rings is 1. The van der Waals surface area contributed by atoms with Crippen LogP contribution in [0, 0.1) is 0 Å². The topological polar surface area (TPSA) is 40.5 Å². The van der Waals surface area contributed by atoms with Crippen molar-refractivity contribution in [1.82, 2.24) is 4.90 Å². The second kappa shape index (κ2) is 6.58. The predicted octanol–water partition coefficient (Wildman–Crippen LogP) is 1.52. The molecule has 1 amide bonds. The van der Waals surface area contributed by atoms with Crippen molar-refractivity contribution in [2.75, 3.05) is 19.7 Å². The zero-order valence-electron chi connectivity index (χ0n) is 8.98. The first-order valence-electron chi connectivity index (χ1n) is 5.19. The third-order valence-electron chi connectivity index (χ3n) is 2.27. The standard InChI is InChI=1S/C11H17NO2S/c1-2-12(7-8-13)11(14)6-5-10-4-3-9-15-10/h3-4,9,13H,2,5-8H2,1H3. The Morgan fingerprint density at radius 1 is 1.60 bits per heavy atom. The van der Waals surface area contributed by atoms with Crippen LogP contribution >= 0.6 is 11.3 Å². The van der Waals surface area contributed by atoms with Crippen molar-refractivity contribution < 1.29 is 9.90 Å². The predicted molar refractivity (Wildman–Crippen MR) is 62.0 cm³/mol. The summed E-state index contributed by atoms with van der Waals surface area (Å²) in [5.41, 5.74) is 0. The van der Waals surface area contributed by atoms with E-state index in [4.69, 9.17) is 5.11 Å². The number of aryl methyl sites for hydroxylation is 1. The zero-order chi connectivity index (χ0) is 11.1. The van der Waals surface area contributed by atoms with Gasteiger partial charge < -0.3 is 10.0 Å². The number of hydrogen-bond acceptors (Lipinski definition) is 3. The third kappa shape index (κ3) is 4.01. The van der Waals surface area contributed by atoms with E-state index in [1.807, 2.05) is 24.4 Å². The lowest BCUT2D eigenvalue weighted by Gasteiger charge is -2.19. The minimum atomic E-state index is 0.0403. The summed E-state index contributed by atoms with van der Waals surface area (Å²) in [4.78, 5) is 14.6. The molecule has 0 saturated heterocycles. The number of hydrogen-bond donors (Lipinski definition) is 1. The van der Waals surface area contributed by atoms with Gasteiger partial charge in [-0.2, -0.15) is 0 Å². The van der Waals surface area contributed by atoms with Crippen molar-refractivity contribution >= 4 is 17.2 Å². The number of likely N-dealkylation sites (N-methyl/N-ethyl adjacent to an activating group) is 1. The lowest BCUT2D eigenvalue weighted by molar-refractivity contribution is -0.131. The van der Waals surface area contributed by atoms with E-state index in [1.165, 1.54) is 4.88 Å². The number of aliphatic hydroxyl groups excluding tert-OH is 1. The summed E-state index contributed by atoms with van der Waals surface area (Å²) >= 11 is 1.68. The molecule has 15 heavy (non-hydrogen) atoms. The van der Waals surface area contributed by atoms with Crippen LogP contribution in [-0.2, 0) is 11.2 Å². The van der Waals surface area contributed by atoms with Gasteiger partial charge in [0.15, 0.2) is 0 Å². The van der Waals surface area contributed by atoms with Crippen LogP contribution in [0.4, 0.5) is 0 Å². The Labute approximate surface area is 94.3 Å². The molecule has 1 heterocycles. The van der Waals surface area contributed by atoms with Crippen molar-refractivity contribution in [1.29, 1.82) is 0 Å². The summed E-state index contributed by atoms with van der Waals surface area (Å²) in [6.07, 6.45) is 1.34. The molecule has 0 atom stereocenters. The highest BCUT2D eigenvalue weighted by atomic mass is 32.1. The van der Waals surface area contributed by atoms with E-state index >= 15 is 0 Å². The Hall–Kier alpha value is -0.870. The average Bonchev–Trinajstić information content (AvgIpc) is 2.75. The first-order valence-corrected chi connectivity index (χ1v) is 6.07. The molecule has 0 unspecified atom stereocenters. The van der Waals surface area contributed by atoms with Gasteiger partial charge in [0.2, 0.25) is 5.91 Å². The molecule has 0 saturated carbocycles. The first kappa shape index (κ1) is 12.2. The Bertz CT molecular complexity index is 285. The fourth-order valence-corrected chi connectivity index (χ4v) is 2.13. The van der Waals surface area contributed by atoms with Crippen molar-refractivity contribution in [3.8, 4) is 0 Å². The molecule has 0 bridgehead atoms. The zero-order valence-corrected chi connectivity index (χ0v) is 9.80. The summed E-state index contributed by atoms with van der Waals surface area (Å²) in [7, 11) is 0. The monoisotopic (exact) mass is 227 g/mol. The van der Waals surface area contributed by atoms with Gasteiger partial charge in [-0.15, -0.1) is 11.3 Å². The Kier molecular flexibility index (Phi) is 5.36. The van der Waals surface area contributed by atoms with Crippen LogP contribution in [0.25, 0.3) is 0 Å². The quantitative estimate of drug-likeness (QED) is 0.800. The van der Waals surface area contributed by atoms with Crippen molar-refractivity contribution in [2.24, 2.45) is 0 Å². The number of nitrogens with zero attached hydrogens (tertiary/aromatic N) is 1. The summed E-state index contributed by atoms with van der Waals surface area (Å²) in [6.45, 7) is 3.08. The van der Waals surface area contributed by atoms with Crippen LogP contribution in [0.1, 0.15) is 18.2 Å². The van der Waals surface area contributed by atoms with Crippen LogP contribution in [-0.4, -0.2) is 35.6 Å². The maximum absolute atomic E-state index is 11.7. The molecule has 0 aliphatic rings. The molecule has 0 fully saturated rings. The van der Waals surface area contributed by atoms with E-state index in [0.717, 1.165) is 6.42 Å². The van der Waals surface area contributed by atoms with Gasteiger partial charge in [-0.05, 0) is 24.8 Å². The van der Waals surface area contributed by atoms with Crippen LogP contribution in [0.2, 0.25) is 0 Å². The molecular weight excluding hydrogens is 210 g/mol. The van der Waals surface area contributed by atoms with Gasteiger partial charge in [0.1, 0.15) is 0 Å². The number of carbonyl (C=O) groups excluding carboxylic acids is 1. The van der Waals surface area contributed by atoms with Crippen LogP contribution in [0.3, 0.4) is 0 Å². The Morgan fingerprint density at radius 3 is 2.93 bits per heavy atom. The minimum absolute atomic E-state index is 0.0403. The fraction of sp³-hybridized carbons (Fsp3) is 0.545. The first-order chi connectivity index (χ1) is 7.27. The molecule has 84 valence electrons. The second-order valence-corrected chi connectivity index (χ2v) is 4.31. The van der Waals surface area contributed by atoms with Crippen LogP contribution in [0.5, 0.6) is 0 Å². The smallest absolute Gasteiger partial charge is 0.222 e. The molecule has 0 spiro atoms. The molecule has 0 aromatic carbocycles. The largest absolute Gasteiger partial charge is 0.395 e. The lowest BCUT2D eigenvalue weighted by atomic mass is 10.2. The number of carbonyl (C=O) groups is 1. The minimum Gasteiger partial charge on any atom is -0.395 e. The van der Waals surface area contributed by atoms with Crippen molar-refractivity contribution in [3.05, 3.63) is 22.4 Å². The molecule has 1 N–H and O–H groups in total. The van der Waals surface area contributed by atoms with E-state index in [0.29, 0.717) is 19.5 Å². The van der Waals surface area contributed by atoms with Gasteiger partial charge in [0, 0.05) is 24.4 Å². The average molecular weight is 227 g/mol. The highest BCUT2D eigenvalue weighted by molar-refractivity contribution is 7.09. The molecule has 0 radical (unpaired) electrons. The van der Waals surface area contributed by atoms with Crippen molar-refractivity contribution in [2.45, 2.75) is 19.8 Å². The van der Waals surface area contributed by atoms with Gasteiger partial charge in [0.05, 0.1) is 6.61 Å². The molecule has 4 heteroatoms. The Balaban J connectivity index is 2.34. The van der Waals surface area contributed by atoms with E-state index in [9.17, 15) is 4.79 Å². The van der Waals surface area contributed by atoms with Crippen LogP contribution in [0.15, 0.2) is 17.5 Å². The number of rotatable bonds is 6. The summed E-state index contributed by atoms with van der Waals surface area (Å²) in [6, 6.07) is 4.04. The molecule has 1 aromatic heterocycles. The van der Waals surface area contributed by atoms with E-state index in [2.05, 4.69) is 0 Å². The van der Waals surface area contributed by atoms with Crippen molar-refractivity contribution in [3.63, 3.8) is 0 Å². The van der Waals surface area contributed by atoms with E-state index in [1.54, 1.807) is 16.2 Å². The molecule has 0 aliphatic heterocycles. The molecule has 1 aromatic rings. The fourth-order valence-electron chi connectivity index (χ4n) is 1.42.